The molecule has 3 saturated carbocycles. The molecule has 0 amide bonds. The molecular formula is C39H68O6S. The smallest absolute Gasteiger partial charge is 0.132 e. The molecule has 0 unspecified atom stereocenters. The number of hydrogen-bond donors (Lipinski definition) is 4. The standard InChI is InChI=1S/C39H68O6S/c1-25(2)11-10-12-26(3)30-15-16-31-29-14-13-27-23-28(17-19-38(27,4)32(29)18-20-39(30,31)5)44-21-8-6-7-9-22-46-37-36(43)35(42)34(41)33(24-40)45-37/h13,25-26,28-37,40-43H,6-12,14-24H2,1-5H3/t26-,28+,29+,30-,31+,32+,33-,34-,35+,36+,37+,38+,39-/m1/s1. The molecule has 4 N–H and O–H groups in total. The lowest BCUT2D eigenvalue weighted by atomic mass is 9.47. The van der Waals surface area contributed by atoms with Crippen molar-refractivity contribution < 1.29 is 29.9 Å². The molecule has 0 spiro atoms. The highest BCUT2D eigenvalue weighted by Gasteiger charge is 2.59. The first-order valence-electron chi connectivity index (χ1n) is 19.2. The van der Waals surface area contributed by atoms with Crippen molar-refractivity contribution in [2.75, 3.05) is 19.0 Å². The number of rotatable bonds is 15. The molecule has 1 saturated heterocycles. The molecule has 0 aromatic carbocycles. The van der Waals surface area contributed by atoms with Crippen LogP contribution in [0.2, 0.25) is 0 Å². The summed E-state index contributed by atoms with van der Waals surface area (Å²) in [6, 6.07) is 0. The largest absolute Gasteiger partial charge is 0.394 e. The third kappa shape index (κ3) is 7.92. The molecule has 1 heterocycles. The third-order valence-corrected chi connectivity index (χ3v) is 15.0. The predicted octanol–water partition coefficient (Wildman–Crippen LogP) is 7.51. The molecule has 46 heavy (non-hydrogen) atoms. The van der Waals surface area contributed by atoms with Crippen LogP contribution >= 0.6 is 11.8 Å². The highest BCUT2D eigenvalue weighted by molar-refractivity contribution is 7.99. The Morgan fingerprint density at radius 2 is 1.67 bits per heavy atom. The molecule has 0 radical (unpaired) electrons. The highest BCUT2D eigenvalue weighted by Crippen LogP contribution is 2.67. The number of aliphatic hydroxyl groups is 4. The zero-order valence-corrected chi connectivity index (χ0v) is 30.6. The summed E-state index contributed by atoms with van der Waals surface area (Å²) in [5, 5.41) is 39.5. The van der Waals surface area contributed by atoms with E-state index in [4.69, 9.17) is 9.47 Å². The molecular weight excluding hydrogens is 596 g/mol. The normalized spacial score (nSPS) is 43.1. The Balaban J connectivity index is 1.02. The SMILES string of the molecule is CC(C)CCC[C@@H](C)[C@H]1CC[C@H]2[C@@H]3CC=C4C[C@@H](OCCCCCCS[C@@H]5O[C@H](CO)[C@@H](O)[C@H](O)[C@@H]5O)CC[C@]4(C)[C@H]3CC[C@]12C. The van der Waals surface area contributed by atoms with Crippen LogP contribution in [0.25, 0.3) is 0 Å². The minimum atomic E-state index is -1.29. The predicted molar refractivity (Wildman–Crippen MR) is 187 cm³/mol. The number of unbranched alkanes of at least 4 members (excludes halogenated alkanes) is 3. The first-order chi connectivity index (χ1) is 22.0. The van der Waals surface area contributed by atoms with Crippen molar-refractivity contribution in [1.29, 1.82) is 0 Å². The van der Waals surface area contributed by atoms with E-state index in [1.165, 1.54) is 76.0 Å². The monoisotopic (exact) mass is 664 g/mol. The van der Waals surface area contributed by atoms with Crippen molar-refractivity contribution in [2.45, 2.75) is 167 Å². The lowest BCUT2D eigenvalue weighted by Gasteiger charge is -2.58. The summed E-state index contributed by atoms with van der Waals surface area (Å²) in [4.78, 5) is 0. The molecule has 6 nitrogen and oxygen atoms in total. The summed E-state index contributed by atoms with van der Waals surface area (Å²) >= 11 is 1.45. The second-order valence-corrected chi connectivity index (χ2v) is 18.2. The van der Waals surface area contributed by atoms with Gasteiger partial charge in [-0.25, -0.2) is 0 Å². The average molecular weight is 665 g/mol. The number of aliphatic hydroxyl groups excluding tert-OH is 4. The number of allylic oxidation sites excluding steroid dienone is 1. The Hall–Kier alpha value is -0.150. The molecule has 5 rings (SSSR count). The lowest BCUT2D eigenvalue weighted by Crippen LogP contribution is -2.57. The Morgan fingerprint density at radius 3 is 2.43 bits per heavy atom. The van der Waals surface area contributed by atoms with Gasteiger partial charge in [0.2, 0.25) is 0 Å². The van der Waals surface area contributed by atoms with Gasteiger partial charge in [0, 0.05) is 6.61 Å². The third-order valence-electron chi connectivity index (χ3n) is 13.8. The van der Waals surface area contributed by atoms with Crippen LogP contribution in [0.4, 0.5) is 0 Å². The summed E-state index contributed by atoms with van der Waals surface area (Å²) in [6.07, 6.45) is 17.7. The fraction of sp³-hybridized carbons (Fsp3) is 0.949. The van der Waals surface area contributed by atoms with Gasteiger partial charge in [0.25, 0.3) is 0 Å². The zero-order valence-electron chi connectivity index (χ0n) is 29.7. The van der Waals surface area contributed by atoms with E-state index in [2.05, 4.69) is 40.7 Å². The van der Waals surface area contributed by atoms with E-state index in [1.807, 2.05) is 0 Å². The van der Waals surface area contributed by atoms with Crippen LogP contribution in [0.3, 0.4) is 0 Å². The van der Waals surface area contributed by atoms with E-state index in [9.17, 15) is 20.4 Å². The van der Waals surface area contributed by atoms with Gasteiger partial charge in [0.15, 0.2) is 0 Å². The van der Waals surface area contributed by atoms with E-state index < -0.39 is 29.9 Å². The molecule has 4 fully saturated rings. The summed E-state index contributed by atoms with van der Waals surface area (Å²) in [5.41, 5.74) is 2.03. The Bertz CT molecular complexity index is 988. The van der Waals surface area contributed by atoms with Crippen molar-refractivity contribution in [3.05, 3.63) is 11.6 Å². The van der Waals surface area contributed by atoms with Gasteiger partial charge < -0.3 is 29.9 Å². The van der Waals surface area contributed by atoms with Gasteiger partial charge >= 0.3 is 0 Å². The first-order valence-corrected chi connectivity index (χ1v) is 20.3. The van der Waals surface area contributed by atoms with E-state index >= 15 is 0 Å². The van der Waals surface area contributed by atoms with E-state index in [1.54, 1.807) is 5.57 Å². The molecule has 7 heteroatoms. The molecule has 266 valence electrons. The Labute approximate surface area is 284 Å². The van der Waals surface area contributed by atoms with Crippen molar-refractivity contribution in [3.8, 4) is 0 Å². The van der Waals surface area contributed by atoms with Gasteiger partial charge in [-0.05, 0) is 116 Å². The van der Waals surface area contributed by atoms with E-state index in [-0.39, 0.29) is 6.61 Å². The molecule has 1 aliphatic heterocycles. The zero-order chi connectivity index (χ0) is 33.1. The number of hydrogen-bond acceptors (Lipinski definition) is 7. The second-order valence-electron chi connectivity index (χ2n) is 17.0. The quantitative estimate of drug-likeness (QED) is 0.106. The maximum Gasteiger partial charge on any atom is 0.132 e. The fourth-order valence-corrected chi connectivity index (χ4v) is 12.2. The maximum absolute atomic E-state index is 10.2. The molecule has 0 aromatic rings. The summed E-state index contributed by atoms with van der Waals surface area (Å²) < 4.78 is 12.1. The minimum absolute atomic E-state index is 0.369. The summed E-state index contributed by atoms with van der Waals surface area (Å²) in [6.45, 7) is 13.1. The van der Waals surface area contributed by atoms with Gasteiger partial charge in [-0.2, -0.15) is 0 Å². The second kappa shape index (κ2) is 16.2. The summed E-state index contributed by atoms with van der Waals surface area (Å²) in [7, 11) is 0. The minimum Gasteiger partial charge on any atom is -0.394 e. The van der Waals surface area contributed by atoms with Crippen LogP contribution in [0, 0.1) is 46.3 Å². The van der Waals surface area contributed by atoms with Crippen molar-refractivity contribution >= 4 is 11.8 Å². The highest BCUT2D eigenvalue weighted by atomic mass is 32.2. The van der Waals surface area contributed by atoms with E-state index in [0.717, 1.165) is 80.0 Å². The van der Waals surface area contributed by atoms with Crippen molar-refractivity contribution in [2.24, 2.45) is 46.3 Å². The van der Waals surface area contributed by atoms with Crippen LogP contribution in [-0.4, -0.2) is 75.3 Å². The lowest BCUT2D eigenvalue weighted by molar-refractivity contribution is -0.205. The van der Waals surface area contributed by atoms with Crippen LogP contribution in [0.5, 0.6) is 0 Å². The van der Waals surface area contributed by atoms with Crippen LogP contribution in [-0.2, 0) is 9.47 Å². The fourth-order valence-electron chi connectivity index (χ4n) is 11.0. The van der Waals surface area contributed by atoms with Gasteiger partial charge in [-0.3, -0.25) is 0 Å². The van der Waals surface area contributed by atoms with Crippen LogP contribution in [0.1, 0.15) is 131 Å². The van der Waals surface area contributed by atoms with E-state index in [0.29, 0.717) is 16.9 Å². The molecule has 5 aliphatic rings. The van der Waals surface area contributed by atoms with Gasteiger partial charge in [-0.15, -0.1) is 11.8 Å². The molecule has 4 aliphatic carbocycles. The first kappa shape index (κ1) is 37.1. The Morgan fingerprint density at radius 1 is 0.891 bits per heavy atom. The number of thioether (sulfide) groups is 1. The average Bonchev–Trinajstić information content (AvgIpc) is 3.39. The topological polar surface area (TPSA) is 99.4 Å². The van der Waals surface area contributed by atoms with Crippen LogP contribution in [0.15, 0.2) is 11.6 Å². The molecule has 0 bridgehead atoms. The van der Waals surface area contributed by atoms with Gasteiger partial charge in [-0.1, -0.05) is 78.4 Å². The Kier molecular flexibility index (Phi) is 13.1. The number of ether oxygens (including phenoxy) is 2. The van der Waals surface area contributed by atoms with Crippen LogP contribution < -0.4 is 0 Å². The number of fused-ring (bicyclic) bond motifs is 5. The molecule has 13 atom stereocenters. The van der Waals surface area contributed by atoms with Crippen molar-refractivity contribution in [3.63, 3.8) is 0 Å². The van der Waals surface area contributed by atoms with Crippen molar-refractivity contribution in [1.82, 2.24) is 0 Å². The summed E-state index contributed by atoms with van der Waals surface area (Å²) in [5.74, 6) is 6.10. The van der Waals surface area contributed by atoms with Gasteiger partial charge in [0.1, 0.15) is 29.9 Å². The maximum atomic E-state index is 10.2. The molecule has 0 aromatic heterocycles. The van der Waals surface area contributed by atoms with Gasteiger partial charge in [0.05, 0.1) is 12.7 Å².